The summed E-state index contributed by atoms with van der Waals surface area (Å²) in [6.45, 7) is 6.34. The van der Waals surface area contributed by atoms with Crippen molar-refractivity contribution in [3.05, 3.63) is 0 Å². The molecule has 1 N–H and O–H groups in total. The molecule has 1 fully saturated rings. The molecule has 2 unspecified atom stereocenters. The molecule has 0 radical (unpaired) electrons. The Labute approximate surface area is 103 Å². The highest BCUT2D eigenvalue weighted by Gasteiger charge is 2.08. The van der Waals surface area contributed by atoms with E-state index in [9.17, 15) is 0 Å². The van der Waals surface area contributed by atoms with Crippen LogP contribution in [-0.4, -0.2) is 23.8 Å². The van der Waals surface area contributed by atoms with E-state index in [0.717, 1.165) is 6.42 Å². The molecule has 2 atom stereocenters. The number of alkyl halides is 1. The zero-order chi connectivity index (χ0) is 12.1. The van der Waals surface area contributed by atoms with E-state index in [2.05, 4.69) is 16.2 Å². The molecule has 0 heterocycles. The van der Waals surface area contributed by atoms with Gasteiger partial charge < -0.3 is 5.11 Å². The maximum absolute atomic E-state index is 8.33. The molecular weight excluding hydrogens is 227 g/mol. The molecule has 0 aromatic heterocycles. The van der Waals surface area contributed by atoms with Crippen LogP contribution < -0.4 is 0 Å². The van der Waals surface area contributed by atoms with E-state index < -0.39 is 0 Å². The van der Waals surface area contributed by atoms with Gasteiger partial charge >= 0.3 is 0 Å². The summed E-state index contributed by atoms with van der Waals surface area (Å²) in [6.07, 6.45) is 7.70. The summed E-state index contributed by atoms with van der Waals surface area (Å²) in [7, 11) is 2.42. The summed E-state index contributed by atoms with van der Waals surface area (Å²) in [5.74, 6) is 0.491. The maximum Gasteiger partial charge on any atom is 0.0456 e. The van der Waals surface area contributed by atoms with Crippen LogP contribution in [0.4, 0.5) is 0 Å². The van der Waals surface area contributed by atoms with Crippen molar-refractivity contribution in [3.8, 4) is 0 Å². The third-order valence-corrected chi connectivity index (χ3v) is 2.98. The molecule has 1 rings (SSSR count). The monoisotopic (exact) mass is 254 g/mol. The molecular formula is C12H28ClOP. The van der Waals surface area contributed by atoms with E-state index in [1.807, 2.05) is 13.6 Å². The fraction of sp³-hybridized carbons (Fsp3) is 1.00. The van der Waals surface area contributed by atoms with Gasteiger partial charge in [0.2, 0.25) is 0 Å². The molecule has 15 heavy (non-hydrogen) atoms. The van der Waals surface area contributed by atoms with Gasteiger partial charge in [0.25, 0.3) is 0 Å². The normalized spacial score (nSPS) is 18.0. The van der Waals surface area contributed by atoms with E-state index in [-0.39, 0.29) is 0 Å². The summed E-state index contributed by atoms with van der Waals surface area (Å²) in [4.78, 5) is 0. The molecule has 1 aliphatic carbocycles. The molecule has 1 aliphatic rings. The Bertz CT molecular complexity index is 102. The number of aliphatic hydroxyl groups excluding tert-OH is 1. The number of hydrogen-bond donors (Lipinski definition) is 1. The first-order valence-corrected chi connectivity index (χ1v) is 7.62. The number of rotatable bonds is 2. The summed E-state index contributed by atoms with van der Waals surface area (Å²) in [6, 6.07) is 0. The van der Waals surface area contributed by atoms with Crippen molar-refractivity contribution in [2.24, 2.45) is 5.92 Å². The van der Waals surface area contributed by atoms with Gasteiger partial charge in [-0.1, -0.05) is 46.2 Å². The Balaban J connectivity index is 0. The van der Waals surface area contributed by atoms with Gasteiger partial charge in [-0.3, -0.25) is 0 Å². The van der Waals surface area contributed by atoms with E-state index in [0.29, 0.717) is 17.9 Å². The van der Waals surface area contributed by atoms with Crippen LogP contribution in [0, 0.1) is 5.92 Å². The first-order chi connectivity index (χ1) is 7.20. The smallest absolute Gasteiger partial charge is 0.0456 e. The van der Waals surface area contributed by atoms with Gasteiger partial charge in [-0.2, -0.15) is 0 Å². The van der Waals surface area contributed by atoms with Crippen LogP contribution in [0.15, 0.2) is 0 Å². The first-order valence-electron chi connectivity index (χ1n) is 6.03. The summed E-state index contributed by atoms with van der Waals surface area (Å²) in [5.41, 5.74) is 0. The fourth-order valence-electron chi connectivity index (χ4n) is 1.18. The average molecular weight is 255 g/mol. The van der Waals surface area contributed by atoms with Crippen LogP contribution in [0.25, 0.3) is 0 Å². The predicted octanol–water partition coefficient (Wildman–Crippen LogP) is 4.07. The highest BCUT2D eigenvalue weighted by molar-refractivity contribution is 7.15. The minimum absolute atomic E-state index is 0.330. The first kappa shape index (κ1) is 18.1. The Kier molecular flexibility index (Phi) is 17.7. The maximum atomic E-state index is 8.33. The van der Waals surface area contributed by atoms with Crippen molar-refractivity contribution in [2.75, 3.05) is 13.3 Å². The molecule has 0 aromatic carbocycles. The Morgan fingerprint density at radius 1 is 1.27 bits per heavy atom. The SMILES string of the molecule is CCC(C)CO.CP.ClC1CCCCC1. The third kappa shape index (κ3) is 14.7. The van der Waals surface area contributed by atoms with E-state index >= 15 is 0 Å². The second-order valence-electron chi connectivity index (χ2n) is 3.93. The van der Waals surface area contributed by atoms with Gasteiger partial charge in [-0.25, -0.2) is 0 Å². The predicted molar refractivity (Wildman–Crippen MR) is 74.9 cm³/mol. The standard InChI is InChI=1S/C6H11Cl.C5H12O.CH5P/c7-6-4-2-1-3-5-6;1-3-5(2)4-6;1-2/h6H,1-5H2;5-6H,3-4H2,1-2H3;2H2,1H3. The van der Waals surface area contributed by atoms with Crippen molar-refractivity contribution >= 4 is 20.8 Å². The van der Waals surface area contributed by atoms with Gasteiger partial charge in [0, 0.05) is 12.0 Å². The fourth-order valence-corrected chi connectivity index (χ4v) is 1.49. The van der Waals surface area contributed by atoms with Crippen molar-refractivity contribution in [1.82, 2.24) is 0 Å². The zero-order valence-electron chi connectivity index (χ0n) is 10.5. The Morgan fingerprint density at radius 2 is 1.73 bits per heavy atom. The number of halogens is 1. The van der Waals surface area contributed by atoms with Crippen LogP contribution >= 0.6 is 20.8 Å². The lowest BCUT2D eigenvalue weighted by Gasteiger charge is -2.13. The average Bonchev–Trinajstić information content (AvgIpc) is 2.32. The van der Waals surface area contributed by atoms with Crippen molar-refractivity contribution < 1.29 is 5.11 Å². The van der Waals surface area contributed by atoms with Gasteiger partial charge in [-0.05, 0) is 18.8 Å². The lowest BCUT2D eigenvalue weighted by atomic mass is 10.0. The Hall–Kier alpha value is 0.680. The molecule has 3 heteroatoms. The van der Waals surface area contributed by atoms with Crippen LogP contribution in [0.5, 0.6) is 0 Å². The summed E-state index contributed by atoms with van der Waals surface area (Å²) < 4.78 is 0. The Morgan fingerprint density at radius 3 is 1.87 bits per heavy atom. The summed E-state index contributed by atoms with van der Waals surface area (Å²) >= 11 is 5.82. The second kappa shape index (κ2) is 14.7. The van der Waals surface area contributed by atoms with Gasteiger partial charge in [0.15, 0.2) is 0 Å². The highest BCUT2D eigenvalue weighted by Crippen LogP contribution is 2.21. The molecule has 0 aromatic rings. The minimum atomic E-state index is 0.330. The van der Waals surface area contributed by atoms with Crippen molar-refractivity contribution in [2.45, 2.75) is 57.7 Å². The zero-order valence-corrected chi connectivity index (χ0v) is 12.4. The topological polar surface area (TPSA) is 20.2 Å². The number of aliphatic hydroxyl groups is 1. The molecule has 0 bridgehead atoms. The lowest BCUT2D eigenvalue weighted by molar-refractivity contribution is 0.234. The van der Waals surface area contributed by atoms with Crippen molar-refractivity contribution in [1.29, 1.82) is 0 Å². The summed E-state index contributed by atoms with van der Waals surface area (Å²) in [5, 5.41) is 8.84. The molecule has 1 nitrogen and oxygen atoms in total. The number of hydrogen-bond acceptors (Lipinski definition) is 1. The van der Waals surface area contributed by atoms with Gasteiger partial charge in [-0.15, -0.1) is 20.8 Å². The molecule has 0 aliphatic heterocycles. The van der Waals surface area contributed by atoms with Crippen LogP contribution in [0.1, 0.15) is 52.4 Å². The molecule has 0 amide bonds. The third-order valence-electron chi connectivity index (χ3n) is 2.54. The molecule has 0 saturated heterocycles. The highest BCUT2D eigenvalue weighted by atomic mass is 35.5. The minimum Gasteiger partial charge on any atom is -0.396 e. The van der Waals surface area contributed by atoms with Crippen molar-refractivity contribution in [3.63, 3.8) is 0 Å². The van der Waals surface area contributed by atoms with Gasteiger partial charge in [0.05, 0.1) is 0 Å². The largest absolute Gasteiger partial charge is 0.396 e. The van der Waals surface area contributed by atoms with Crippen LogP contribution in [0.2, 0.25) is 0 Å². The van der Waals surface area contributed by atoms with Gasteiger partial charge in [0.1, 0.15) is 0 Å². The second-order valence-corrected chi connectivity index (χ2v) is 4.55. The molecule has 0 spiro atoms. The molecule has 94 valence electrons. The lowest BCUT2D eigenvalue weighted by Crippen LogP contribution is -2.03. The van der Waals surface area contributed by atoms with E-state index in [1.54, 1.807) is 0 Å². The van der Waals surface area contributed by atoms with E-state index in [1.165, 1.54) is 32.1 Å². The molecule has 1 saturated carbocycles. The van der Waals surface area contributed by atoms with Crippen LogP contribution in [0.3, 0.4) is 0 Å². The van der Waals surface area contributed by atoms with Crippen LogP contribution in [-0.2, 0) is 0 Å². The quantitative estimate of drug-likeness (QED) is 0.582. The van der Waals surface area contributed by atoms with E-state index in [4.69, 9.17) is 16.7 Å².